The lowest BCUT2D eigenvalue weighted by Gasteiger charge is -1.99. The van der Waals surface area contributed by atoms with E-state index >= 15 is 0 Å². The molecule has 21 heavy (non-hydrogen) atoms. The number of aromatic amines is 2. The molecule has 6 nitrogen and oxygen atoms in total. The summed E-state index contributed by atoms with van der Waals surface area (Å²) in [5.41, 5.74) is 3.75. The van der Waals surface area contributed by atoms with Gasteiger partial charge in [0.25, 0.3) is 0 Å². The first-order valence-electron chi connectivity index (χ1n) is 6.29. The number of hydrogen-bond donors (Lipinski definition) is 2. The van der Waals surface area contributed by atoms with Crippen LogP contribution in [-0.4, -0.2) is 32.0 Å². The predicted octanol–water partition coefficient (Wildman–Crippen LogP) is 3.16. The molecule has 0 unspecified atom stereocenters. The van der Waals surface area contributed by atoms with Crippen LogP contribution in [0.15, 0.2) is 30.6 Å². The number of fused-ring (bicyclic) bond motifs is 2. The number of methoxy groups -OCH3 is 1. The molecular formula is C14H10ClN5O. The fraction of sp³-hybridized carbons (Fsp3) is 0.0714. The first-order chi connectivity index (χ1) is 10.3. The van der Waals surface area contributed by atoms with Crippen LogP contribution in [0.2, 0.25) is 5.28 Å². The lowest BCUT2D eigenvalue weighted by Crippen LogP contribution is -1.90. The molecule has 0 amide bonds. The van der Waals surface area contributed by atoms with Crippen LogP contribution in [0.4, 0.5) is 0 Å². The van der Waals surface area contributed by atoms with Crippen molar-refractivity contribution in [2.24, 2.45) is 0 Å². The highest BCUT2D eigenvalue weighted by molar-refractivity contribution is 6.28. The maximum atomic E-state index is 5.97. The van der Waals surface area contributed by atoms with Gasteiger partial charge >= 0.3 is 0 Å². The minimum Gasteiger partial charge on any atom is -0.496 e. The molecule has 0 atom stereocenters. The van der Waals surface area contributed by atoms with Crippen LogP contribution in [0.5, 0.6) is 5.75 Å². The zero-order valence-electron chi connectivity index (χ0n) is 11.0. The van der Waals surface area contributed by atoms with E-state index in [2.05, 4.69) is 24.9 Å². The molecule has 0 aliphatic heterocycles. The van der Waals surface area contributed by atoms with Crippen molar-refractivity contribution < 1.29 is 4.74 Å². The van der Waals surface area contributed by atoms with E-state index in [9.17, 15) is 0 Å². The fourth-order valence-electron chi connectivity index (χ4n) is 2.43. The summed E-state index contributed by atoms with van der Waals surface area (Å²) in [4.78, 5) is 18.9. The number of hydrogen-bond acceptors (Lipinski definition) is 4. The van der Waals surface area contributed by atoms with E-state index in [1.165, 1.54) is 0 Å². The molecule has 0 radical (unpaired) electrons. The Morgan fingerprint density at radius 1 is 1.24 bits per heavy atom. The van der Waals surface area contributed by atoms with Gasteiger partial charge in [-0.1, -0.05) is 6.07 Å². The first-order valence-corrected chi connectivity index (χ1v) is 6.67. The zero-order chi connectivity index (χ0) is 14.4. The minimum absolute atomic E-state index is 0.162. The van der Waals surface area contributed by atoms with E-state index in [0.717, 1.165) is 27.9 Å². The molecule has 0 bridgehead atoms. The first kappa shape index (κ1) is 12.2. The van der Waals surface area contributed by atoms with Gasteiger partial charge in [0.15, 0.2) is 5.65 Å². The van der Waals surface area contributed by atoms with Crippen molar-refractivity contribution in [2.75, 3.05) is 7.11 Å². The van der Waals surface area contributed by atoms with Gasteiger partial charge in [0.2, 0.25) is 5.28 Å². The van der Waals surface area contributed by atoms with Crippen LogP contribution in [-0.2, 0) is 0 Å². The molecule has 3 aromatic heterocycles. The van der Waals surface area contributed by atoms with E-state index in [4.69, 9.17) is 16.3 Å². The van der Waals surface area contributed by atoms with E-state index in [-0.39, 0.29) is 5.28 Å². The van der Waals surface area contributed by atoms with E-state index in [0.29, 0.717) is 11.3 Å². The average Bonchev–Trinajstić information content (AvgIpc) is 3.11. The summed E-state index contributed by atoms with van der Waals surface area (Å²) in [6.45, 7) is 0. The number of H-pyrrole nitrogens is 2. The largest absolute Gasteiger partial charge is 0.496 e. The molecule has 0 aliphatic rings. The maximum absolute atomic E-state index is 5.97. The number of rotatable bonds is 2. The Hall–Kier alpha value is -2.60. The minimum atomic E-state index is 0.162. The summed E-state index contributed by atoms with van der Waals surface area (Å²) < 4.78 is 5.37. The van der Waals surface area contributed by atoms with Gasteiger partial charge in [-0.2, -0.15) is 4.98 Å². The SMILES string of the molecule is COc1cccc2[nH]c(-c3nc(Cl)nc4nc[nH]c34)cc12. The lowest BCUT2D eigenvalue weighted by atomic mass is 10.2. The zero-order valence-corrected chi connectivity index (χ0v) is 11.8. The van der Waals surface area contributed by atoms with Gasteiger partial charge in [0.1, 0.15) is 17.0 Å². The van der Waals surface area contributed by atoms with Crippen LogP contribution in [0.25, 0.3) is 33.5 Å². The molecule has 1 aromatic carbocycles. The molecule has 0 aliphatic carbocycles. The van der Waals surface area contributed by atoms with Crippen LogP contribution in [0.1, 0.15) is 0 Å². The van der Waals surface area contributed by atoms with Crippen molar-refractivity contribution in [1.29, 1.82) is 0 Å². The standard InChI is InChI=1S/C14H10ClN5O/c1-21-10-4-2-3-8-7(10)5-9(18-8)11-12-13(17-6-16-12)20-14(15)19-11/h2-6,18H,1H3,(H,16,17,19,20). The van der Waals surface area contributed by atoms with E-state index < -0.39 is 0 Å². The Labute approximate surface area is 124 Å². The second-order valence-electron chi connectivity index (χ2n) is 4.55. The van der Waals surface area contributed by atoms with Crippen LogP contribution >= 0.6 is 11.6 Å². The molecule has 3 heterocycles. The van der Waals surface area contributed by atoms with Gasteiger partial charge in [-0.25, -0.2) is 9.97 Å². The van der Waals surface area contributed by atoms with Crippen LogP contribution in [0.3, 0.4) is 0 Å². The summed E-state index contributed by atoms with van der Waals surface area (Å²) in [5.74, 6) is 0.802. The third kappa shape index (κ3) is 1.84. The molecule has 2 N–H and O–H groups in total. The summed E-state index contributed by atoms with van der Waals surface area (Å²) in [5, 5.41) is 1.15. The van der Waals surface area contributed by atoms with Gasteiger partial charge in [0.05, 0.1) is 19.1 Å². The van der Waals surface area contributed by atoms with E-state index in [1.54, 1.807) is 13.4 Å². The second kappa shape index (κ2) is 4.46. The van der Waals surface area contributed by atoms with Crippen molar-refractivity contribution >= 4 is 33.7 Å². The summed E-state index contributed by atoms with van der Waals surface area (Å²) in [6, 6.07) is 7.81. The third-order valence-electron chi connectivity index (χ3n) is 3.36. The van der Waals surface area contributed by atoms with Gasteiger partial charge in [-0.15, -0.1) is 0 Å². The molecule has 0 saturated heterocycles. The number of nitrogens with zero attached hydrogens (tertiary/aromatic N) is 3. The average molecular weight is 300 g/mol. The normalized spacial score (nSPS) is 11.3. The Balaban J connectivity index is 2.02. The number of imidazole rings is 1. The Kier molecular flexibility index (Phi) is 2.58. The molecule has 4 rings (SSSR count). The molecule has 0 fully saturated rings. The van der Waals surface area contributed by atoms with Crippen molar-refractivity contribution in [2.45, 2.75) is 0 Å². The number of benzene rings is 1. The predicted molar refractivity (Wildman–Crippen MR) is 80.5 cm³/mol. The molecular weight excluding hydrogens is 290 g/mol. The highest BCUT2D eigenvalue weighted by atomic mass is 35.5. The second-order valence-corrected chi connectivity index (χ2v) is 4.88. The fourth-order valence-corrected chi connectivity index (χ4v) is 2.60. The van der Waals surface area contributed by atoms with Crippen molar-refractivity contribution in [3.05, 3.63) is 35.9 Å². The van der Waals surface area contributed by atoms with Gasteiger partial charge in [-0.3, -0.25) is 0 Å². The number of ether oxygens (including phenoxy) is 1. The number of nitrogens with one attached hydrogen (secondary N) is 2. The Bertz CT molecular complexity index is 958. The monoisotopic (exact) mass is 299 g/mol. The molecule has 7 heteroatoms. The Morgan fingerprint density at radius 2 is 2.14 bits per heavy atom. The summed E-state index contributed by atoms with van der Waals surface area (Å²) >= 11 is 5.97. The molecule has 0 saturated carbocycles. The molecule has 0 spiro atoms. The van der Waals surface area contributed by atoms with Crippen molar-refractivity contribution in [3.8, 4) is 17.1 Å². The van der Waals surface area contributed by atoms with E-state index in [1.807, 2.05) is 24.3 Å². The Morgan fingerprint density at radius 3 is 3.00 bits per heavy atom. The highest BCUT2D eigenvalue weighted by Gasteiger charge is 2.14. The van der Waals surface area contributed by atoms with Gasteiger partial charge < -0.3 is 14.7 Å². The van der Waals surface area contributed by atoms with Crippen molar-refractivity contribution in [3.63, 3.8) is 0 Å². The highest BCUT2D eigenvalue weighted by Crippen LogP contribution is 2.32. The van der Waals surface area contributed by atoms with Gasteiger partial charge in [-0.05, 0) is 29.8 Å². The van der Waals surface area contributed by atoms with Gasteiger partial charge in [0, 0.05) is 10.9 Å². The molecule has 4 aromatic rings. The smallest absolute Gasteiger partial charge is 0.225 e. The summed E-state index contributed by atoms with van der Waals surface area (Å²) in [7, 11) is 1.65. The lowest BCUT2D eigenvalue weighted by molar-refractivity contribution is 0.420. The molecule has 104 valence electrons. The van der Waals surface area contributed by atoms with Crippen molar-refractivity contribution in [1.82, 2.24) is 24.9 Å². The summed E-state index contributed by atoms with van der Waals surface area (Å²) in [6.07, 6.45) is 1.57. The van der Waals surface area contributed by atoms with Crippen LogP contribution in [0, 0.1) is 0 Å². The quantitative estimate of drug-likeness (QED) is 0.557. The third-order valence-corrected chi connectivity index (χ3v) is 3.53. The topological polar surface area (TPSA) is 79.5 Å². The maximum Gasteiger partial charge on any atom is 0.225 e. The number of halogens is 1. The van der Waals surface area contributed by atoms with Crippen LogP contribution < -0.4 is 4.74 Å². The number of aromatic nitrogens is 5.